The van der Waals surface area contributed by atoms with E-state index in [1.54, 1.807) is 0 Å². The highest BCUT2D eigenvalue weighted by atomic mass is 16.3. The van der Waals surface area contributed by atoms with Crippen LogP contribution in [0, 0.1) is 10.8 Å². The van der Waals surface area contributed by atoms with Gasteiger partial charge >= 0.3 is 0 Å². The van der Waals surface area contributed by atoms with E-state index in [9.17, 15) is 5.11 Å². The molecule has 0 aromatic rings. The summed E-state index contributed by atoms with van der Waals surface area (Å²) >= 11 is 0. The van der Waals surface area contributed by atoms with Crippen LogP contribution < -0.4 is 5.73 Å². The molecule has 11 heavy (non-hydrogen) atoms. The van der Waals surface area contributed by atoms with Crippen molar-refractivity contribution in [3.8, 4) is 0 Å². The second-order valence-corrected chi connectivity index (χ2v) is 4.30. The predicted octanol–water partition coefficient (Wildman–Crippen LogP) is -0.531. The second kappa shape index (κ2) is 1.97. The molecule has 3 nitrogen and oxygen atoms in total. The minimum absolute atomic E-state index is 0.109. The molecule has 0 aromatic heterocycles. The Morgan fingerprint density at radius 2 is 1.91 bits per heavy atom. The Labute approximate surface area is 66.2 Å². The van der Waals surface area contributed by atoms with Crippen LogP contribution in [0.3, 0.4) is 0 Å². The number of hydrogen-bond acceptors (Lipinski definition) is 3. The fourth-order valence-corrected chi connectivity index (χ4v) is 2.86. The average Bonchev–Trinajstić information content (AvgIpc) is 1.83. The van der Waals surface area contributed by atoms with Crippen molar-refractivity contribution in [1.29, 1.82) is 0 Å². The number of nitrogens with two attached hydrogens (primary N) is 1. The molecule has 0 aliphatic heterocycles. The van der Waals surface area contributed by atoms with E-state index in [0.717, 1.165) is 19.3 Å². The van der Waals surface area contributed by atoms with Gasteiger partial charge in [-0.3, -0.25) is 0 Å². The lowest BCUT2D eigenvalue weighted by molar-refractivity contribution is -0.265. The van der Waals surface area contributed by atoms with E-state index in [1.807, 2.05) is 0 Å². The molecule has 3 saturated carbocycles. The maximum absolute atomic E-state index is 9.48. The molecule has 0 radical (unpaired) electrons. The van der Waals surface area contributed by atoms with Gasteiger partial charge in [-0.15, -0.1) is 0 Å². The van der Waals surface area contributed by atoms with Crippen LogP contribution in [0.25, 0.3) is 0 Å². The highest BCUT2D eigenvalue weighted by Crippen LogP contribution is 2.74. The monoisotopic (exact) mass is 157 g/mol. The summed E-state index contributed by atoms with van der Waals surface area (Å²) in [5, 5.41) is 18.4. The molecule has 64 valence electrons. The van der Waals surface area contributed by atoms with Gasteiger partial charge in [0.2, 0.25) is 0 Å². The van der Waals surface area contributed by atoms with Gasteiger partial charge in [-0.2, -0.15) is 0 Å². The third-order valence-corrected chi connectivity index (χ3v) is 3.45. The molecule has 3 aliphatic carbocycles. The fourth-order valence-electron chi connectivity index (χ4n) is 2.86. The molecule has 0 amide bonds. The summed E-state index contributed by atoms with van der Waals surface area (Å²) in [6, 6.07) is 0. The standard InChI is InChI=1S/C8H15NO2/c9-1-6(11)8-2-7(3-8,4-8)5-10/h6,10-11H,1-5,9H2. The zero-order valence-electron chi connectivity index (χ0n) is 6.58. The summed E-state index contributed by atoms with van der Waals surface area (Å²) in [6.45, 7) is 0.646. The molecule has 0 saturated heterocycles. The summed E-state index contributed by atoms with van der Waals surface area (Å²) in [5.74, 6) is 0. The molecule has 3 rings (SSSR count). The first kappa shape index (κ1) is 7.53. The van der Waals surface area contributed by atoms with E-state index in [0.29, 0.717) is 6.54 Å². The fraction of sp³-hybridized carbons (Fsp3) is 1.00. The van der Waals surface area contributed by atoms with Crippen LogP contribution in [-0.2, 0) is 0 Å². The Bertz CT molecular complexity index is 161. The van der Waals surface area contributed by atoms with Crippen molar-refractivity contribution in [3.05, 3.63) is 0 Å². The summed E-state index contributed by atoms with van der Waals surface area (Å²) in [5.41, 5.74) is 5.66. The molecule has 3 fully saturated rings. The molecule has 3 heteroatoms. The summed E-state index contributed by atoms with van der Waals surface area (Å²) in [6.07, 6.45) is 2.61. The van der Waals surface area contributed by atoms with Crippen LogP contribution in [0.2, 0.25) is 0 Å². The average molecular weight is 157 g/mol. The van der Waals surface area contributed by atoms with Gasteiger partial charge in [-0.05, 0) is 30.1 Å². The van der Waals surface area contributed by atoms with Gasteiger partial charge in [0.15, 0.2) is 0 Å². The van der Waals surface area contributed by atoms with Gasteiger partial charge in [0, 0.05) is 13.2 Å². The van der Waals surface area contributed by atoms with Crippen molar-refractivity contribution < 1.29 is 10.2 Å². The van der Waals surface area contributed by atoms with Crippen molar-refractivity contribution in [2.45, 2.75) is 25.4 Å². The Hall–Kier alpha value is -0.120. The van der Waals surface area contributed by atoms with E-state index >= 15 is 0 Å². The van der Waals surface area contributed by atoms with Gasteiger partial charge in [0.05, 0.1) is 6.10 Å². The first-order valence-electron chi connectivity index (χ1n) is 4.15. The number of aliphatic hydroxyl groups excluding tert-OH is 2. The Balaban J connectivity index is 1.93. The van der Waals surface area contributed by atoms with Gasteiger partial charge < -0.3 is 15.9 Å². The lowest BCUT2D eigenvalue weighted by Crippen LogP contribution is -2.69. The third-order valence-electron chi connectivity index (χ3n) is 3.45. The molecule has 0 aromatic carbocycles. The molecule has 0 spiro atoms. The van der Waals surface area contributed by atoms with E-state index in [4.69, 9.17) is 10.8 Å². The van der Waals surface area contributed by atoms with Crippen LogP contribution in [0.1, 0.15) is 19.3 Å². The van der Waals surface area contributed by atoms with E-state index in [1.165, 1.54) is 0 Å². The van der Waals surface area contributed by atoms with Gasteiger partial charge in [-0.1, -0.05) is 0 Å². The van der Waals surface area contributed by atoms with Crippen LogP contribution in [0.5, 0.6) is 0 Å². The van der Waals surface area contributed by atoms with Crippen LogP contribution in [0.15, 0.2) is 0 Å². The first-order valence-corrected chi connectivity index (χ1v) is 4.15. The summed E-state index contributed by atoms with van der Waals surface area (Å²) < 4.78 is 0. The second-order valence-electron chi connectivity index (χ2n) is 4.30. The van der Waals surface area contributed by atoms with E-state index in [2.05, 4.69) is 0 Å². The largest absolute Gasteiger partial charge is 0.396 e. The van der Waals surface area contributed by atoms with E-state index < -0.39 is 0 Å². The Morgan fingerprint density at radius 3 is 2.27 bits per heavy atom. The first-order chi connectivity index (χ1) is 5.16. The molecule has 2 bridgehead atoms. The maximum Gasteiger partial charge on any atom is 0.0719 e. The van der Waals surface area contributed by atoms with Gasteiger partial charge in [0.1, 0.15) is 0 Å². The Morgan fingerprint density at radius 1 is 1.36 bits per heavy atom. The molecular weight excluding hydrogens is 142 g/mol. The smallest absolute Gasteiger partial charge is 0.0719 e. The highest BCUT2D eigenvalue weighted by molar-refractivity contribution is 5.19. The van der Waals surface area contributed by atoms with Crippen molar-refractivity contribution in [3.63, 3.8) is 0 Å². The lowest BCUT2D eigenvalue weighted by atomic mass is 9.34. The quantitative estimate of drug-likeness (QED) is 0.516. The highest BCUT2D eigenvalue weighted by Gasteiger charge is 2.69. The molecule has 1 unspecified atom stereocenters. The summed E-state index contributed by atoms with van der Waals surface area (Å²) in [7, 11) is 0. The predicted molar refractivity (Wildman–Crippen MR) is 40.9 cm³/mol. The zero-order chi connectivity index (χ0) is 8.11. The number of hydrogen-bond donors (Lipinski definition) is 3. The maximum atomic E-state index is 9.48. The van der Waals surface area contributed by atoms with Gasteiger partial charge in [0.25, 0.3) is 0 Å². The number of aliphatic hydroxyl groups is 2. The molecule has 3 aliphatic rings. The topological polar surface area (TPSA) is 66.5 Å². The minimum atomic E-state index is -0.337. The van der Waals surface area contributed by atoms with Crippen molar-refractivity contribution in [2.75, 3.05) is 13.2 Å². The van der Waals surface area contributed by atoms with Crippen molar-refractivity contribution in [2.24, 2.45) is 16.6 Å². The van der Waals surface area contributed by atoms with Crippen LogP contribution in [0.4, 0.5) is 0 Å². The van der Waals surface area contributed by atoms with Crippen molar-refractivity contribution >= 4 is 0 Å². The molecular formula is C8H15NO2. The molecule has 4 N–H and O–H groups in total. The third kappa shape index (κ3) is 0.736. The zero-order valence-corrected chi connectivity index (χ0v) is 6.58. The molecule has 0 heterocycles. The van der Waals surface area contributed by atoms with E-state index in [-0.39, 0.29) is 23.5 Å². The lowest BCUT2D eigenvalue weighted by Gasteiger charge is -2.71. The van der Waals surface area contributed by atoms with Gasteiger partial charge in [-0.25, -0.2) is 0 Å². The SMILES string of the molecule is NCC(O)C12CC(CO)(C1)C2. The normalized spacial score (nSPS) is 49.4. The molecule has 1 atom stereocenters. The van der Waals surface area contributed by atoms with Crippen molar-refractivity contribution in [1.82, 2.24) is 0 Å². The number of rotatable bonds is 3. The summed E-state index contributed by atoms with van der Waals surface area (Å²) in [4.78, 5) is 0. The van der Waals surface area contributed by atoms with Crippen LogP contribution >= 0.6 is 0 Å². The minimum Gasteiger partial charge on any atom is -0.396 e. The van der Waals surface area contributed by atoms with Crippen LogP contribution in [-0.4, -0.2) is 29.5 Å². The Kier molecular flexibility index (Phi) is 1.35.